The number of rotatable bonds is 5. The molecule has 1 saturated heterocycles. The Balaban J connectivity index is 1.47. The Morgan fingerprint density at radius 1 is 1.31 bits per heavy atom. The minimum Gasteiger partial charge on any atom is -0.355 e. The summed E-state index contributed by atoms with van der Waals surface area (Å²) in [5.41, 5.74) is 3.80. The van der Waals surface area contributed by atoms with Crippen LogP contribution in [0.3, 0.4) is 0 Å². The second-order valence-corrected chi connectivity index (χ2v) is 8.71. The Bertz CT molecular complexity index is 1010. The van der Waals surface area contributed by atoms with Crippen molar-refractivity contribution in [3.63, 3.8) is 0 Å². The fraction of sp³-hybridized carbons (Fsp3) is 0.550. The van der Waals surface area contributed by atoms with Gasteiger partial charge in [-0.25, -0.2) is 0 Å². The molecule has 0 radical (unpaired) electrons. The molecule has 0 aliphatic carbocycles. The SMILES string of the molecule is Cc1cc(-c2snnc2[C@@H]2CCCN(C(=O)[C@H](C)Cn3nc(C)cc3C)C2)on1. The molecular weight excluding hydrogens is 388 g/mol. The fourth-order valence-electron chi connectivity index (χ4n) is 4.02. The van der Waals surface area contributed by atoms with Crippen LogP contribution in [0.2, 0.25) is 0 Å². The van der Waals surface area contributed by atoms with E-state index in [9.17, 15) is 4.79 Å². The fourth-order valence-corrected chi connectivity index (χ4v) is 4.71. The van der Waals surface area contributed by atoms with Gasteiger partial charge in [0.25, 0.3) is 0 Å². The van der Waals surface area contributed by atoms with E-state index in [4.69, 9.17) is 4.52 Å². The second kappa shape index (κ2) is 8.06. The Morgan fingerprint density at radius 3 is 2.83 bits per heavy atom. The summed E-state index contributed by atoms with van der Waals surface area (Å²) >= 11 is 1.32. The first-order valence-corrected chi connectivity index (χ1v) is 10.8. The largest absolute Gasteiger partial charge is 0.355 e. The highest BCUT2D eigenvalue weighted by atomic mass is 32.1. The van der Waals surface area contributed by atoms with Gasteiger partial charge in [-0.2, -0.15) is 5.10 Å². The number of likely N-dealkylation sites (tertiary alicyclic amines) is 1. The van der Waals surface area contributed by atoms with E-state index in [0.29, 0.717) is 18.8 Å². The summed E-state index contributed by atoms with van der Waals surface area (Å²) in [6.45, 7) is 9.91. The third-order valence-electron chi connectivity index (χ3n) is 5.46. The van der Waals surface area contributed by atoms with Gasteiger partial charge in [-0.3, -0.25) is 9.48 Å². The maximum atomic E-state index is 13.1. The lowest BCUT2D eigenvalue weighted by Crippen LogP contribution is -2.42. The molecule has 3 aromatic heterocycles. The summed E-state index contributed by atoms with van der Waals surface area (Å²) < 4.78 is 11.5. The number of aryl methyl sites for hydroxylation is 3. The smallest absolute Gasteiger partial charge is 0.227 e. The molecule has 154 valence electrons. The molecule has 4 rings (SSSR count). The van der Waals surface area contributed by atoms with Crippen molar-refractivity contribution in [2.45, 2.75) is 53.0 Å². The van der Waals surface area contributed by atoms with E-state index in [1.54, 1.807) is 0 Å². The van der Waals surface area contributed by atoms with E-state index >= 15 is 0 Å². The molecular formula is C20H26N6O2S. The maximum absolute atomic E-state index is 13.1. The molecule has 9 heteroatoms. The van der Waals surface area contributed by atoms with Crippen LogP contribution < -0.4 is 0 Å². The van der Waals surface area contributed by atoms with Crippen molar-refractivity contribution >= 4 is 17.4 Å². The number of carbonyl (C=O) groups excluding carboxylic acids is 1. The molecule has 3 aromatic rings. The van der Waals surface area contributed by atoms with Crippen molar-refractivity contribution in [1.29, 1.82) is 0 Å². The summed E-state index contributed by atoms with van der Waals surface area (Å²) in [6, 6.07) is 3.94. The summed E-state index contributed by atoms with van der Waals surface area (Å²) in [7, 11) is 0. The van der Waals surface area contributed by atoms with Crippen LogP contribution in [0.1, 0.15) is 48.5 Å². The number of amides is 1. The predicted molar refractivity (Wildman–Crippen MR) is 110 cm³/mol. The normalized spacial score (nSPS) is 18.2. The minimum atomic E-state index is -0.128. The number of piperidine rings is 1. The molecule has 29 heavy (non-hydrogen) atoms. The lowest BCUT2D eigenvalue weighted by molar-refractivity contribution is -0.136. The van der Waals surface area contributed by atoms with Crippen molar-refractivity contribution in [2.75, 3.05) is 13.1 Å². The Kier molecular flexibility index (Phi) is 5.49. The van der Waals surface area contributed by atoms with Crippen molar-refractivity contribution in [2.24, 2.45) is 5.92 Å². The topological polar surface area (TPSA) is 89.9 Å². The van der Waals surface area contributed by atoms with Crippen molar-refractivity contribution in [3.05, 3.63) is 34.9 Å². The average molecular weight is 415 g/mol. The zero-order chi connectivity index (χ0) is 20.5. The molecule has 1 aliphatic heterocycles. The first-order chi connectivity index (χ1) is 13.9. The summed E-state index contributed by atoms with van der Waals surface area (Å²) in [6.07, 6.45) is 1.94. The molecule has 0 N–H and O–H groups in total. The minimum absolute atomic E-state index is 0.128. The van der Waals surface area contributed by atoms with Crippen molar-refractivity contribution in [1.82, 2.24) is 29.4 Å². The molecule has 0 bridgehead atoms. The molecule has 0 spiro atoms. The molecule has 0 unspecified atom stereocenters. The van der Waals surface area contributed by atoms with E-state index < -0.39 is 0 Å². The predicted octanol–water partition coefficient (Wildman–Crippen LogP) is 3.36. The standard InChI is InChI=1S/C20H26N6O2S/c1-12(10-26-15(4)8-13(2)22-26)20(27)25-7-5-6-16(11-25)18-19(29-24-21-18)17-9-14(3)23-28-17/h8-9,12,16H,5-7,10-11H2,1-4H3/t12-,16-/m1/s1. The van der Waals surface area contributed by atoms with Crippen LogP contribution in [0.25, 0.3) is 10.6 Å². The van der Waals surface area contributed by atoms with Gasteiger partial charge >= 0.3 is 0 Å². The molecule has 2 atom stereocenters. The van der Waals surface area contributed by atoms with Crippen LogP contribution in [-0.4, -0.2) is 48.4 Å². The summed E-state index contributed by atoms with van der Waals surface area (Å²) in [5, 5.41) is 12.8. The van der Waals surface area contributed by atoms with E-state index in [2.05, 4.69) is 19.8 Å². The molecule has 1 amide bonds. The molecule has 8 nitrogen and oxygen atoms in total. The van der Waals surface area contributed by atoms with Gasteiger partial charge in [0.2, 0.25) is 5.91 Å². The lowest BCUT2D eigenvalue weighted by atomic mass is 9.93. The highest BCUT2D eigenvalue weighted by molar-refractivity contribution is 7.09. The average Bonchev–Trinajstić information content (AvgIpc) is 3.41. The molecule has 0 aromatic carbocycles. The van der Waals surface area contributed by atoms with Crippen LogP contribution in [0.4, 0.5) is 0 Å². The van der Waals surface area contributed by atoms with Gasteiger partial charge in [-0.05, 0) is 51.2 Å². The van der Waals surface area contributed by atoms with Crippen molar-refractivity contribution in [3.8, 4) is 10.6 Å². The Labute approximate surface area is 174 Å². The first kappa shape index (κ1) is 19.8. The Morgan fingerprint density at radius 2 is 2.14 bits per heavy atom. The number of carbonyl (C=O) groups is 1. The summed E-state index contributed by atoms with van der Waals surface area (Å²) in [5.74, 6) is 0.904. The van der Waals surface area contributed by atoms with Gasteiger partial charge < -0.3 is 9.42 Å². The van der Waals surface area contributed by atoms with E-state index in [1.807, 2.05) is 49.4 Å². The zero-order valence-electron chi connectivity index (χ0n) is 17.3. The number of nitrogens with zero attached hydrogens (tertiary/aromatic N) is 6. The van der Waals surface area contributed by atoms with Crippen LogP contribution in [0.5, 0.6) is 0 Å². The lowest BCUT2D eigenvalue weighted by Gasteiger charge is -2.34. The van der Waals surface area contributed by atoms with Gasteiger partial charge in [-0.15, -0.1) is 5.10 Å². The molecule has 1 fully saturated rings. The van der Waals surface area contributed by atoms with Gasteiger partial charge in [0.05, 0.1) is 29.5 Å². The number of aromatic nitrogens is 5. The molecule has 4 heterocycles. The number of hydrogen-bond donors (Lipinski definition) is 0. The number of hydrogen-bond acceptors (Lipinski definition) is 7. The van der Waals surface area contributed by atoms with Crippen LogP contribution in [0.15, 0.2) is 16.7 Å². The second-order valence-electron chi connectivity index (χ2n) is 7.95. The highest BCUT2D eigenvalue weighted by Crippen LogP contribution is 2.35. The van der Waals surface area contributed by atoms with Crippen LogP contribution >= 0.6 is 11.5 Å². The summed E-state index contributed by atoms with van der Waals surface area (Å²) in [4.78, 5) is 16.0. The van der Waals surface area contributed by atoms with Gasteiger partial charge in [-0.1, -0.05) is 16.6 Å². The van der Waals surface area contributed by atoms with Gasteiger partial charge in [0, 0.05) is 30.8 Å². The first-order valence-electron chi connectivity index (χ1n) is 9.98. The van der Waals surface area contributed by atoms with Crippen molar-refractivity contribution < 1.29 is 9.32 Å². The van der Waals surface area contributed by atoms with Gasteiger partial charge in [0.15, 0.2) is 5.76 Å². The zero-order valence-corrected chi connectivity index (χ0v) is 18.1. The monoisotopic (exact) mass is 414 g/mol. The third kappa shape index (κ3) is 4.10. The van der Waals surface area contributed by atoms with E-state index in [-0.39, 0.29) is 17.7 Å². The third-order valence-corrected chi connectivity index (χ3v) is 6.21. The van der Waals surface area contributed by atoms with E-state index in [1.165, 1.54) is 11.5 Å². The molecule has 1 aliphatic rings. The van der Waals surface area contributed by atoms with Gasteiger partial charge in [0.1, 0.15) is 4.88 Å². The van der Waals surface area contributed by atoms with Crippen LogP contribution in [0, 0.1) is 26.7 Å². The highest BCUT2D eigenvalue weighted by Gasteiger charge is 2.31. The Hall–Kier alpha value is -2.55. The molecule has 0 saturated carbocycles. The van der Waals surface area contributed by atoms with E-state index in [0.717, 1.165) is 47.0 Å². The maximum Gasteiger partial charge on any atom is 0.227 e. The van der Waals surface area contributed by atoms with Crippen LogP contribution in [-0.2, 0) is 11.3 Å². The quantitative estimate of drug-likeness (QED) is 0.636.